The highest BCUT2D eigenvalue weighted by atomic mass is 79.9. The van der Waals surface area contributed by atoms with Gasteiger partial charge in [0.05, 0.1) is 0 Å². The van der Waals surface area contributed by atoms with E-state index < -0.39 is 0 Å². The molecule has 0 aromatic heterocycles. The lowest BCUT2D eigenvalue weighted by molar-refractivity contribution is 0.349. The summed E-state index contributed by atoms with van der Waals surface area (Å²) in [6.07, 6.45) is 9.10. The number of halogens is 1. The summed E-state index contributed by atoms with van der Waals surface area (Å²) in [6.45, 7) is 0. The second-order valence-electron chi connectivity index (χ2n) is 3.34. The third kappa shape index (κ3) is 3.58. The molecule has 0 aromatic carbocycles. The fraction of sp³-hybridized carbons (Fsp3) is 1.00. The van der Waals surface area contributed by atoms with Gasteiger partial charge in [0.15, 0.2) is 0 Å². The van der Waals surface area contributed by atoms with E-state index in [9.17, 15) is 0 Å². The van der Waals surface area contributed by atoms with Crippen LogP contribution in [-0.4, -0.2) is 18.2 Å². The van der Waals surface area contributed by atoms with E-state index in [1.165, 1.54) is 43.1 Å². The van der Waals surface area contributed by atoms with Crippen LogP contribution in [0.15, 0.2) is 0 Å². The summed E-state index contributed by atoms with van der Waals surface area (Å²) in [5.74, 6) is 1.11. The Morgan fingerprint density at radius 1 is 1.20 bits per heavy atom. The van der Waals surface area contributed by atoms with Crippen molar-refractivity contribution in [2.75, 3.05) is 0 Å². The Morgan fingerprint density at radius 2 is 1.90 bits per heavy atom. The first-order chi connectivity index (χ1) is 4.93. The molecule has 0 amide bonds. The molecule has 1 fully saturated rings. The van der Waals surface area contributed by atoms with Crippen LogP contribution in [0, 0.1) is 5.92 Å². The van der Waals surface area contributed by atoms with E-state index >= 15 is 0 Å². The summed E-state index contributed by atoms with van der Waals surface area (Å²) in [7, 11) is 0. The van der Waals surface area contributed by atoms with Crippen LogP contribution in [0.1, 0.15) is 38.5 Å². The van der Waals surface area contributed by atoms with Gasteiger partial charge in [0.1, 0.15) is 0 Å². The van der Waals surface area contributed by atoms with E-state index in [4.69, 9.17) is 0 Å². The van der Waals surface area contributed by atoms with Crippen LogP contribution in [0.2, 0.25) is 4.55 Å². The van der Waals surface area contributed by atoms with Crippen molar-refractivity contribution >= 4 is 31.1 Å². The minimum Gasteiger partial charge on any atom is -0.307 e. The lowest BCUT2D eigenvalue weighted by atomic mass is 9.87. The molecule has 1 aliphatic rings. The largest absolute Gasteiger partial charge is 0.468 e. The van der Waals surface area contributed by atoms with Gasteiger partial charge in [-0.05, 0) is 5.92 Å². The summed E-state index contributed by atoms with van der Waals surface area (Å²) in [4.78, 5) is 0. The van der Waals surface area contributed by atoms with Gasteiger partial charge in [-0.25, -0.2) is 0 Å². The molecule has 56 valence electrons. The molecule has 0 unspecified atom stereocenters. The Labute approximate surface area is 79.7 Å². The molecule has 0 N–H and O–H groups in total. The van der Waals surface area contributed by atoms with Gasteiger partial charge in [-0.15, -0.1) is 4.55 Å². The van der Waals surface area contributed by atoms with Crippen LogP contribution in [0.4, 0.5) is 0 Å². The van der Waals surface area contributed by atoms with Crippen molar-refractivity contribution in [1.29, 1.82) is 0 Å². The van der Waals surface area contributed by atoms with Crippen LogP contribution in [0.5, 0.6) is 0 Å². The summed E-state index contributed by atoms with van der Waals surface area (Å²) < 4.78 is 1.52. The van der Waals surface area contributed by atoms with Crippen molar-refractivity contribution < 1.29 is 0 Å². The number of hydrogen-bond acceptors (Lipinski definition) is 0. The predicted molar refractivity (Wildman–Crippen MR) is 50.7 cm³/mol. The number of hydrogen-bond donors (Lipinski definition) is 0. The highest BCUT2D eigenvalue weighted by Gasteiger charge is 2.12. The quantitative estimate of drug-likeness (QED) is 0.633. The molecule has 10 heavy (non-hydrogen) atoms. The van der Waals surface area contributed by atoms with Gasteiger partial charge < -0.3 is 12.9 Å². The second kappa shape index (κ2) is 5.84. The van der Waals surface area contributed by atoms with Crippen molar-refractivity contribution in [3.05, 3.63) is 0 Å². The van der Waals surface area contributed by atoms with Crippen LogP contribution in [-0.2, 0) is 0 Å². The molecule has 0 aromatic rings. The van der Waals surface area contributed by atoms with Crippen molar-refractivity contribution in [2.24, 2.45) is 5.92 Å². The summed E-state index contributed by atoms with van der Waals surface area (Å²) in [5.41, 5.74) is 0. The third-order valence-corrected chi connectivity index (χ3v) is 4.83. The Morgan fingerprint density at radius 3 is 2.50 bits per heavy atom. The monoisotopic (exact) mass is 214 g/mol. The molecule has 0 bridgehead atoms. The molecule has 1 aliphatic carbocycles. The Kier molecular flexibility index (Phi) is 5.45. The molecule has 0 nitrogen and oxygen atoms in total. The van der Waals surface area contributed by atoms with E-state index in [1.807, 2.05) is 0 Å². The maximum atomic E-state index is 3.62. The molecule has 1 saturated carbocycles. The van der Waals surface area contributed by atoms with Gasteiger partial charge in [-0.1, -0.05) is 38.5 Å². The first-order valence-corrected chi connectivity index (χ1v) is 9.39. The van der Waals surface area contributed by atoms with E-state index in [0.29, 0.717) is 0 Å². The Balaban J connectivity index is 2.02. The molecule has 0 radical (unpaired) electrons. The van der Waals surface area contributed by atoms with E-state index in [1.54, 1.807) is 0 Å². The summed E-state index contributed by atoms with van der Waals surface area (Å²) >= 11 is 3.80. The first kappa shape index (κ1) is 9.34. The lowest BCUT2D eigenvalue weighted by Crippen LogP contribution is -2.05. The fourth-order valence-electron chi connectivity index (χ4n) is 1.84. The van der Waals surface area contributed by atoms with Crippen molar-refractivity contribution in [3.8, 4) is 0 Å². The van der Waals surface area contributed by atoms with E-state index in [-0.39, 0.29) is 18.2 Å². The molecule has 1 rings (SSSR count). The van der Waals surface area contributed by atoms with Crippen LogP contribution in [0.25, 0.3) is 0 Å². The molecule has 0 aliphatic heterocycles. The Hall–Kier alpha value is 1.25. The SMILES string of the molecule is [Br][Mg][CH2]CC1CCCCC1. The van der Waals surface area contributed by atoms with Gasteiger partial charge >= 0.3 is 18.2 Å². The average Bonchev–Trinajstić information content (AvgIpc) is 2.03. The van der Waals surface area contributed by atoms with Crippen molar-refractivity contribution in [1.82, 2.24) is 0 Å². The maximum absolute atomic E-state index is 3.62. The van der Waals surface area contributed by atoms with Gasteiger partial charge in [0.2, 0.25) is 0 Å². The van der Waals surface area contributed by atoms with Gasteiger partial charge in [0, 0.05) is 0 Å². The first-order valence-electron chi connectivity index (χ1n) is 4.49. The maximum Gasteiger partial charge on any atom is 0.468 e. The smallest absolute Gasteiger partial charge is 0.307 e. The average molecular weight is 215 g/mol. The minimum atomic E-state index is 0.181. The van der Waals surface area contributed by atoms with Crippen LogP contribution < -0.4 is 0 Å². The van der Waals surface area contributed by atoms with Crippen molar-refractivity contribution in [2.45, 2.75) is 43.1 Å². The molecule has 0 atom stereocenters. The van der Waals surface area contributed by atoms with Crippen LogP contribution >= 0.6 is 12.9 Å². The fourth-order valence-corrected chi connectivity index (χ4v) is 3.54. The van der Waals surface area contributed by atoms with Gasteiger partial charge in [-0.3, -0.25) is 0 Å². The molecule has 0 heterocycles. The van der Waals surface area contributed by atoms with Gasteiger partial charge in [-0.2, -0.15) is 0 Å². The van der Waals surface area contributed by atoms with E-state index in [0.717, 1.165) is 5.92 Å². The normalized spacial score (nSPS) is 20.5. The molecular weight excluding hydrogens is 200 g/mol. The highest BCUT2D eigenvalue weighted by Crippen LogP contribution is 2.27. The Bertz CT molecular complexity index is 79.3. The molecule has 0 spiro atoms. The standard InChI is InChI=1S/C8H15.BrH.Mg/c1-2-8-6-4-3-5-7-8;;/h8H,1-7H2;1H;/q;;+1/p-1. The zero-order valence-corrected chi connectivity index (χ0v) is 9.61. The zero-order valence-electron chi connectivity index (χ0n) is 6.61. The second-order valence-corrected chi connectivity index (χ2v) is 6.80. The number of rotatable bonds is 3. The molecular formula is C8H15BrMg. The van der Waals surface area contributed by atoms with Crippen molar-refractivity contribution in [3.63, 3.8) is 0 Å². The highest BCUT2D eigenvalue weighted by molar-refractivity contribution is 9.23. The van der Waals surface area contributed by atoms with Gasteiger partial charge in [0.25, 0.3) is 0 Å². The molecule has 0 saturated heterocycles. The summed E-state index contributed by atoms with van der Waals surface area (Å²) in [6, 6.07) is 0. The zero-order chi connectivity index (χ0) is 7.23. The third-order valence-electron chi connectivity index (χ3n) is 2.47. The molecule has 2 heteroatoms. The predicted octanol–water partition coefficient (Wildman–Crippen LogP) is 3.39. The van der Waals surface area contributed by atoms with Crippen LogP contribution in [0.3, 0.4) is 0 Å². The lowest BCUT2D eigenvalue weighted by Gasteiger charge is -2.20. The van der Waals surface area contributed by atoms with E-state index in [2.05, 4.69) is 12.9 Å². The minimum absolute atomic E-state index is 0.181. The topological polar surface area (TPSA) is 0 Å². The summed E-state index contributed by atoms with van der Waals surface area (Å²) in [5, 5.41) is 0.